The largest absolute Gasteiger partial charge is 0.444 e. The van der Waals surface area contributed by atoms with Crippen LogP contribution >= 0.6 is 10.7 Å². The molecule has 0 aliphatic carbocycles. The van der Waals surface area contributed by atoms with Crippen LogP contribution < -0.4 is 5.32 Å². The molecule has 100 valence electrons. The minimum Gasteiger partial charge on any atom is -0.444 e. The number of ether oxygens (including phenoxy) is 1. The van der Waals surface area contributed by atoms with Crippen LogP contribution in [0.25, 0.3) is 0 Å². The van der Waals surface area contributed by atoms with E-state index < -0.39 is 20.7 Å². The van der Waals surface area contributed by atoms with Gasteiger partial charge in [-0.25, -0.2) is 13.2 Å². The summed E-state index contributed by atoms with van der Waals surface area (Å²) in [7, 11) is 1.39. The molecule has 1 aromatic rings. The zero-order chi connectivity index (χ0) is 14.0. The Balaban J connectivity index is 2.84. The van der Waals surface area contributed by atoms with E-state index in [1.807, 2.05) is 0 Å². The molecule has 1 amide bonds. The number of rotatable bonds is 2. The van der Waals surface area contributed by atoms with Crippen molar-refractivity contribution in [2.45, 2.75) is 31.3 Å². The maximum Gasteiger partial charge on any atom is 0.412 e. The molecule has 0 atom stereocenters. The van der Waals surface area contributed by atoms with Gasteiger partial charge in [-0.15, -0.1) is 0 Å². The highest BCUT2D eigenvalue weighted by Gasteiger charge is 2.17. The standard InChI is InChI=1S/C11H14ClNO4S/c1-11(2,3)17-10(14)13-8-5-4-6-9(7-8)18(12,15)16/h4-7H,1-3H3,(H,13,14). The average Bonchev–Trinajstić information content (AvgIpc) is 2.13. The highest BCUT2D eigenvalue weighted by molar-refractivity contribution is 8.13. The molecule has 1 aromatic carbocycles. The Morgan fingerprint density at radius 2 is 1.94 bits per heavy atom. The van der Waals surface area contributed by atoms with E-state index in [9.17, 15) is 13.2 Å². The summed E-state index contributed by atoms with van der Waals surface area (Å²) in [5.41, 5.74) is -0.328. The number of carbonyl (C=O) groups excluding carboxylic acids is 1. The first-order valence-corrected chi connectivity index (χ1v) is 7.43. The summed E-state index contributed by atoms with van der Waals surface area (Å²) in [6, 6.07) is 5.60. The van der Waals surface area contributed by atoms with Gasteiger partial charge in [-0.05, 0) is 39.0 Å². The van der Waals surface area contributed by atoms with Gasteiger partial charge in [0.2, 0.25) is 0 Å². The highest BCUT2D eigenvalue weighted by atomic mass is 35.7. The van der Waals surface area contributed by atoms with E-state index in [2.05, 4.69) is 5.32 Å². The number of nitrogens with one attached hydrogen (secondary N) is 1. The van der Waals surface area contributed by atoms with Gasteiger partial charge in [0.1, 0.15) is 5.60 Å². The van der Waals surface area contributed by atoms with Crippen LogP contribution in [-0.2, 0) is 13.8 Å². The number of hydrogen-bond acceptors (Lipinski definition) is 4. The van der Waals surface area contributed by atoms with Crippen molar-refractivity contribution >= 4 is 31.5 Å². The first-order chi connectivity index (χ1) is 8.08. The predicted molar refractivity (Wildman–Crippen MR) is 69.3 cm³/mol. The minimum absolute atomic E-state index is 0.0854. The van der Waals surface area contributed by atoms with Crippen molar-refractivity contribution in [1.82, 2.24) is 0 Å². The molecule has 0 bridgehead atoms. The number of anilines is 1. The van der Waals surface area contributed by atoms with E-state index in [-0.39, 0.29) is 4.90 Å². The molecule has 0 aromatic heterocycles. The van der Waals surface area contributed by atoms with Gasteiger partial charge in [-0.2, -0.15) is 0 Å². The Kier molecular flexibility index (Phi) is 4.24. The molecule has 0 saturated carbocycles. The van der Waals surface area contributed by atoms with Crippen LogP contribution in [0.2, 0.25) is 0 Å². The molecule has 0 aliphatic heterocycles. The lowest BCUT2D eigenvalue weighted by Crippen LogP contribution is -2.27. The summed E-state index contributed by atoms with van der Waals surface area (Å²) >= 11 is 0. The summed E-state index contributed by atoms with van der Waals surface area (Å²) < 4.78 is 27.3. The maximum atomic E-state index is 11.5. The van der Waals surface area contributed by atoms with Crippen molar-refractivity contribution in [1.29, 1.82) is 0 Å². The summed E-state index contributed by atoms with van der Waals surface area (Å²) in [6.45, 7) is 5.19. The van der Waals surface area contributed by atoms with Crippen molar-refractivity contribution in [2.75, 3.05) is 5.32 Å². The predicted octanol–water partition coefficient (Wildman–Crippen LogP) is 2.96. The quantitative estimate of drug-likeness (QED) is 0.850. The number of carbonyl (C=O) groups is 1. The van der Waals surface area contributed by atoms with Gasteiger partial charge >= 0.3 is 6.09 Å². The molecule has 0 unspecified atom stereocenters. The molecule has 0 fully saturated rings. The molecular formula is C11H14ClNO4S. The third-order valence-corrected chi connectivity index (χ3v) is 3.11. The molecule has 7 heteroatoms. The first kappa shape index (κ1) is 14.8. The second-order valence-electron chi connectivity index (χ2n) is 4.59. The van der Waals surface area contributed by atoms with Crippen molar-refractivity contribution in [3.8, 4) is 0 Å². The lowest BCUT2D eigenvalue weighted by atomic mass is 10.2. The molecule has 0 spiro atoms. The Labute approximate surface area is 111 Å². The van der Waals surface area contributed by atoms with E-state index in [1.165, 1.54) is 24.3 Å². The fourth-order valence-corrected chi connectivity index (χ4v) is 1.94. The number of halogens is 1. The Bertz CT molecular complexity index is 548. The Hall–Kier alpha value is -1.27. The SMILES string of the molecule is CC(C)(C)OC(=O)Nc1cccc(S(=O)(=O)Cl)c1. The normalized spacial score (nSPS) is 12.0. The van der Waals surface area contributed by atoms with Crippen LogP contribution in [0.1, 0.15) is 20.8 Å². The van der Waals surface area contributed by atoms with Crippen LogP contribution in [0.15, 0.2) is 29.2 Å². The third-order valence-electron chi connectivity index (χ3n) is 1.76. The van der Waals surface area contributed by atoms with Crippen LogP contribution in [0.5, 0.6) is 0 Å². The monoisotopic (exact) mass is 291 g/mol. The summed E-state index contributed by atoms with van der Waals surface area (Å²) in [6.07, 6.45) is -0.661. The van der Waals surface area contributed by atoms with Crippen LogP contribution in [0.4, 0.5) is 10.5 Å². The third kappa shape index (κ3) is 4.93. The second kappa shape index (κ2) is 5.16. The zero-order valence-corrected chi connectivity index (χ0v) is 11.8. The zero-order valence-electron chi connectivity index (χ0n) is 10.2. The van der Waals surface area contributed by atoms with E-state index in [1.54, 1.807) is 20.8 Å². The Morgan fingerprint density at radius 1 is 1.33 bits per heavy atom. The van der Waals surface area contributed by atoms with Crippen molar-refractivity contribution in [3.63, 3.8) is 0 Å². The molecule has 18 heavy (non-hydrogen) atoms. The molecule has 0 radical (unpaired) electrons. The topological polar surface area (TPSA) is 72.5 Å². The van der Waals surface area contributed by atoms with Gasteiger partial charge in [0.15, 0.2) is 0 Å². The van der Waals surface area contributed by atoms with Crippen molar-refractivity contribution in [2.24, 2.45) is 0 Å². The van der Waals surface area contributed by atoms with Gasteiger partial charge in [-0.1, -0.05) is 6.07 Å². The van der Waals surface area contributed by atoms with Crippen LogP contribution in [0.3, 0.4) is 0 Å². The lowest BCUT2D eigenvalue weighted by molar-refractivity contribution is 0.0636. The summed E-state index contributed by atoms with van der Waals surface area (Å²) in [5, 5.41) is 2.43. The van der Waals surface area contributed by atoms with Crippen LogP contribution in [0, 0.1) is 0 Å². The van der Waals surface area contributed by atoms with Crippen molar-refractivity contribution in [3.05, 3.63) is 24.3 Å². The summed E-state index contributed by atoms with van der Waals surface area (Å²) in [5.74, 6) is 0. The maximum absolute atomic E-state index is 11.5. The fourth-order valence-electron chi connectivity index (χ4n) is 1.15. The molecular weight excluding hydrogens is 278 g/mol. The van der Waals surface area contributed by atoms with Gasteiger partial charge in [-0.3, -0.25) is 5.32 Å². The second-order valence-corrected chi connectivity index (χ2v) is 7.16. The molecule has 1 N–H and O–H groups in total. The van der Waals surface area contributed by atoms with E-state index in [0.717, 1.165) is 0 Å². The van der Waals surface area contributed by atoms with E-state index in [0.29, 0.717) is 5.69 Å². The van der Waals surface area contributed by atoms with Gasteiger partial charge < -0.3 is 4.74 Å². The molecule has 0 saturated heterocycles. The number of amides is 1. The van der Waals surface area contributed by atoms with E-state index >= 15 is 0 Å². The van der Waals surface area contributed by atoms with Crippen molar-refractivity contribution < 1.29 is 17.9 Å². The van der Waals surface area contributed by atoms with Crippen LogP contribution in [-0.4, -0.2) is 20.1 Å². The fraction of sp³-hybridized carbons (Fsp3) is 0.364. The smallest absolute Gasteiger partial charge is 0.412 e. The van der Waals surface area contributed by atoms with E-state index in [4.69, 9.17) is 15.4 Å². The number of benzene rings is 1. The summed E-state index contributed by atoms with van der Waals surface area (Å²) in [4.78, 5) is 11.4. The van der Waals surface area contributed by atoms with Gasteiger partial charge in [0.05, 0.1) is 4.90 Å². The first-order valence-electron chi connectivity index (χ1n) is 5.13. The molecule has 0 aliphatic rings. The highest BCUT2D eigenvalue weighted by Crippen LogP contribution is 2.19. The average molecular weight is 292 g/mol. The van der Waals surface area contributed by atoms with Gasteiger partial charge in [0.25, 0.3) is 9.05 Å². The molecule has 1 rings (SSSR count). The molecule has 0 heterocycles. The molecule has 5 nitrogen and oxygen atoms in total. The minimum atomic E-state index is -3.82. The Morgan fingerprint density at radius 3 is 2.44 bits per heavy atom. The number of hydrogen-bond donors (Lipinski definition) is 1. The lowest BCUT2D eigenvalue weighted by Gasteiger charge is -2.19. The van der Waals surface area contributed by atoms with Gasteiger partial charge in [0, 0.05) is 16.4 Å².